The van der Waals surface area contributed by atoms with Crippen molar-refractivity contribution in [2.45, 2.75) is 20.0 Å². The van der Waals surface area contributed by atoms with Crippen LogP contribution in [0.15, 0.2) is 49.2 Å². The first kappa shape index (κ1) is 25.7. The Bertz CT molecular complexity index is 1780. The van der Waals surface area contributed by atoms with E-state index in [4.69, 9.17) is 21.1 Å². The summed E-state index contributed by atoms with van der Waals surface area (Å²) in [6, 6.07) is 6.92. The molecule has 6 heterocycles. The van der Waals surface area contributed by atoms with Crippen LogP contribution in [0.4, 0.5) is 5.13 Å². The lowest BCUT2D eigenvalue weighted by atomic mass is 10.0. The number of aromatic nitrogens is 5. The molecule has 2 amide bonds. The second-order valence-electron chi connectivity index (χ2n) is 9.02. The maximum atomic E-state index is 13.4. The van der Waals surface area contributed by atoms with Gasteiger partial charge in [0.25, 0.3) is 11.8 Å². The molecule has 1 N–H and O–H groups in total. The summed E-state index contributed by atoms with van der Waals surface area (Å²) in [6.45, 7) is 2.55. The van der Waals surface area contributed by atoms with E-state index in [1.54, 1.807) is 53.2 Å². The second kappa shape index (κ2) is 10.2. The van der Waals surface area contributed by atoms with Gasteiger partial charge >= 0.3 is 0 Å². The van der Waals surface area contributed by atoms with E-state index in [2.05, 4.69) is 25.3 Å². The third-order valence-electron chi connectivity index (χ3n) is 6.57. The van der Waals surface area contributed by atoms with E-state index in [1.165, 1.54) is 30.8 Å². The van der Waals surface area contributed by atoms with Gasteiger partial charge in [0.15, 0.2) is 5.13 Å². The summed E-state index contributed by atoms with van der Waals surface area (Å²) < 4.78 is 12.5. The van der Waals surface area contributed by atoms with Crippen molar-refractivity contribution in [3.05, 3.63) is 81.9 Å². The first-order valence-corrected chi connectivity index (χ1v) is 13.3. The van der Waals surface area contributed by atoms with Gasteiger partial charge in [0, 0.05) is 23.0 Å². The van der Waals surface area contributed by atoms with Crippen LogP contribution in [0.5, 0.6) is 11.5 Å². The number of methoxy groups -OCH3 is 2. The van der Waals surface area contributed by atoms with Crippen molar-refractivity contribution in [1.29, 1.82) is 0 Å². The zero-order valence-corrected chi connectivity index (χ0v) is 23.2. The molecule has 0 saturated carbocycles. The highest BCUT2D eigenvalue weighted by atomic mass is 35.5. The third-order valence-corrected chi connectivity index (χ3v) is 7.78. The Hall–Kier alpha value is -4.55. The molecular formula is C27H22ClN7O4S. The SMILES string of the molecule is COc1cnc(Cl)cc1-c1cc(C)ncc1C(=O)Nc1nc2c(s1)CN(C(=O)c1ccc(OC)c3cncn13)C2. The van der Waals surface area contributed by atoms with E-state index in [0.29, 0.717) is 57.6 Å². The van der Waals surface area contributed by atoms with E-state index in [1.807, 2.05) is 6.92 Å². The number of carbonyl (C=O) groups excluding carboxylic acids is 2. The van der Waals surface area contributed by atoms with Crippen molar-refractivity contribution in [2.24, 2.45) is 0 Å². The summed E-state index contributed by atoms with van der Waals surface area (Å²) in [5.74, 6) is 0.584. The van der Waals surface area contributed by atoms with E-state index >= 15 is 0 Å². The third kappa shape index (κ3) is 4.50. The van der Waals surface area contributed by atoms with Crippen molar-refractivity contribution in [3.8, 4) is 22.6 Å². The van der Waals surface area contributed by atoms with Crippen LogP contribution in [0.2, 0.25) is 5.15 Å². The van der Waals surface area contributed by atoms with Gasteiger partial charge in [-0.3, -0.25) is 24.3 Å². The fourth-order valence-corrected chi connectivity index (χ4v) is 5.79. The van der Waals surface area contributed by atoms with Crippen molar-refractivity contribution in [1.82, 2.24) is 29.2 Å². The standard InChI is InChI=1S/C27H22ClN7O4S/c1-14-6-15(16-7-24(28)31-10-22(16)39-3)17(8-30-14)25(36)33-27-32-18-11-34(12-23(18)40-27)26(37)19-4-5-21(38-2)20-9-29-13-35(19)20/h4-10,13H,11-12H2,1-3H3,(H,32,33,36). The van der Waals surface area contributed by atoms with Crippen LogP contribution in [-0.4, -0.2) is 55.3 Å². The number of carbonyl (C=O) groups is 2. The molecule has 0 aromatic carbocycles. The van der Waals surface area contributed by atoms with Crippen LogP contribution in [-0.2, 0) is 13.1 Å². The first-order valence-electron chi connectivity index (χ1n) is 12.1. The number of pyridine rings is 3. The van der Waals surface area contributed by atoms with Gasteiger partial charge < -0.3 is 14.4 Å². The van der Waals surface area contributed by atoms with Crippen molar-refractivity contribution < 1.29 is 19.1 Å². The summed E-state index contributed by atoms with van der Waals surface area (Å²) in [4.78, 5) is 46.5. The second-order valence-corrected chi connectivity index (χ2v) is 10.5. The average molecular weight is 576 g/mol. The van der Waals surface area contributed by atoms with Gasteiger partial charge in [0.1, 0.15) is 27.9 Å². The van der Waals surface area contributed by atoms with E-state index in [-0.39, 0.29) is 17.0 Å². The Labute approximate surface area is 237 Å². The molecular weight excluding hydrogens is 554 g/mol. The summed E-state index contributed by atoms with van der Waals surface area (Å²) >= 11 is 7.48. The summed E-state index contributed by atoms with van der Waals surface area (Å²) in [6.07, 6.45) is 6.27. The molecule has 1 aliphatic rings. The first-order chi connectivity index (χ1) is 19.4. The van der Waals surface area contributed by atoms with E-state index in [0.717, 1.165) is 16.3 Å². The van der Waals surface area contributed by atoms with Crippen LogP contribution in [0.1, 0.15) is 37.1 Å². The predicted molar refractivity (Wildman–Crippen MR) is 149 cm³/mol. The fraction of sp³-hybridized carbons (Fsp3) is 0.185. The van der Waals surface area contributed by atoms with Crippen LogP contribution in [0.25, 0.3) is 16.6 Å². The molecule has 202 valence electrons. The quantitative estimate of drug-likeness (QED) is 0.291. The number of hydrogen-bond acceptors (Lipinski definition) is 9. The van der Waals surface area contributed by atoms with Crippen LogP contribution in [0.3, 0.4) is 0 Å². The predicted octanol–water partition coefficient (Wildman–Crippen LogP) is 4.64. The lowest BCUT2D eigenvalue weighted by Crippen LogP contribution is -2.27. The van der Waals surface area contributed by atoms with Crippen molar-refractivity contribution in [2.75, 3.05) is 19.5 Å². The molecule has 11 nitrogen and oxygen atoms in total. The minimum atomic E-state index is -0.376. The van der Waals surface area contributed by atoms with Gasteiger partial charge in [0.05, 0.1) is 62.2 Å². The van der Waals surface area contributed by atoms with Gasteiger partial charge in [-0.05, 0) is 31.2 Å². The number of fused-ring (bicyclic) bond motifs is 2. The molecule has 0 atom stereocenters. The van der Waals surface area contributed by atoms with Crippen LogP contribution in [0, 0.1) is 6.92 Å². The van der Waals surface area contributed by atoms with Gasteiger partial charge in [-0.2, -0.15) is 0 Å². The number of nitrogens with one attached hydrogen (secondary N) is 1. The van der Waals surface area contributed by atoms with Gasteiger partial charge in [-0.1, -0.05) is 22.9 Å². The number of amides is 2. The molecule has 0 bridgehead atoms. The molecule has 40 heavy (non-hydrogen) atoms. The lowest BCUT2D eigenvalue weighted by molar-refractivity contribution is 0.0743. The zero-order chi connectivity index (χ0) is 28.0. The Morgan fingerprint density at radius 1 is 1.02 bits per heavy atom. The highest BCUT2D eigenvalue weighted by molar-refractivity contribution is 7.16. The highest BCUT2D eigenvalue weighted by Gasteiger charge is 2.30. The number of thiazole rings is 1. The maximum Gasteiger partial charge on any atom is 0.271 e. The van der Waals surface area contributed by atoms with E-state index < -0.39 is 0 Å². The average Bonchev–Trinajstić information content (AvgIpc) is 3.67. The topological polar surface area (TPSA) is 124 Å². The largest absolute Gasteiger partial charge is 0.494 e. The summed E-state index contributed by atoms with van der Waals surface area (Å²) in [5, 5.41) is 3.60. The van der Waals surface area contributed by atoms with E-state index in [9.17, 15) is 9.59 Å². The van der Waals surface area contributed by atoms with Crippen molar-refractivity contribution >= 4 is 45.4 Å². The van der Waals surface area contributed by atoms with Crippen LogP contribution >= 0.6 is 22.9 Å². The minimum absolute atomic E-state index is 0.151. The number of hydrogen-bond donors (Lipinski definition) is 1. The van der Waals surface area contributed by atoms with Gasteiger partial charge in [-0.25, -0.2) is 15.0 Å². The normalized spacial score (nSPS) is 12.4. The highest BCUT2D eigenvalue weighted by Crippen LogP contribution is 2.36. The molecule has 6 rings (SSSR count). The molecule has 0 unspecified atom stereocenters. The Balaban J connectivity index is 1.22. The Kier molecular flexibility index (Phi) is 6.56. The zero-order valence-electron chi connectivity index (χ0n) is 21.6. The van der Waals surface area contributed by atoms with Crippen molar-refractivity contribution in [3.63, 3.8) is 0 Å². The maximum absolute atomic E-state index is 13.4. The molecule has 5 aromatic rings. The Morgan fingerprint density at radius 3 is 2.62 bits per heavy atom. The molecule has 0 aliphatic carbocycles. The summed E-state index contributed by atoms with van der Waals surface area (Å²) in [5.41, 5.74) is 4.22. The molecule has 0 radical (unpaired) electrons. The monoisotopic (exact) mass is 575 g/mol. The number of ether oxygens (including phenoxy) is 2. The van der Waals surface area contributed by atoms with Crippen LogP contribution < -0.4 is 14.8 Å². The molecule has 13 heteroatoms. The molecule has 0 saturated heterocycles. The number of aryl methyl sites for hydroxylation is 1. The fourth-order valence-electron chi connectivity index (χ4n) is 4.65. The summed E-state index contributed by atoms with van der Waals surface area (Å²) in [7, 11) is 3.10. The minimum Gasteiger partial charge on any atom is -0.494 e. The number of imidazole rings is 1. The number of halogens is 1. The smallest absolute Gasteiger partial charge is 0.271 e. The molecule has 0 fully saturated rings. The van der Waals surface area contributed by atoms with Gasteiger partial charge in [-0.15, -0.1) is 0 Å². The molecule has 5 aromatic heterocycles. The molecule has 0 spiro atoms. The number of rotatable bonds is 6. The number of anilines is 1. The lowest BCUT2D eigenvalue weighted by Gasteiger charge is -2.17. The van der Waals surface area contributed by atoms with Gasteiger partial charge in [0.2, 0.25) is 0 Å². The molecule has 1 aliphatic heterocycles. The Morgan fingerprint density at radius 2 is 1.85 bits per heavy atom. The number of nitrogens with zero attached hydrogens (tertiary/aromatic N) is 6.